The zero-order valence-electron chi connectivity index (χ0n) is 16.4. The number of benzene rings is 2. The molecule has 1 fully saturated rings. The van der Waals surface area contributed by atoms with Crippen molar-refractivity contribution in [2.45, 2.75) is 0 Å². The van der Waals surface area contributed by atoms with Crippen LogP contribution in [0.4, 0.5) is 21.9 Å². The van der Waals surface area contributed by atoms with Crippen LogP contribution in [0.2, 0.25) is 0 Å². The van der Waals surface area contributed by atoms with E-state index < -0.39 is 4.92 Å². The monoisotopic (exact) mass is 409 g/mol. The second-order valence-electron chi connectivity index (χ2n) is 6.73. The standard InChI is InChI=1S/C21H23N5O4/c1-2-11-22-20(27)16-7-9-17(10-8-16)23-21(28)25-14-12-24(13-15-25)18-5-3-4-6-19(18)26(29)30/h2-10H,1,11-15H2,(H,22,27)(H,23,28). The first-order valence-electron chi connectivity index (χ1n) is 9.53. The van der Waals surface area contributed by atoms with E-state index in [1.54, 1.807) is 53.4 Å². The number of nitrogens with one attached hydrogen (secondary N) is 2. The summed E-state index contributed by atoms with van der Waals surface area (Å²) in [6.07, 6.45) is 1.60. The number of nitro groups is 1. The highest BCUT2D eigenvalue weighted by molar-refractivity contribution is 5.95. The molecule has 0 atom stereocenters. The van der Waals surface area contributed by atoms with E-state index >= 15 is 0 Å². The molecule has 156 valence electrons. The SMILES string of the molecule is C=CCNC(=O)c1ccc(NC(=O)N2CCN(c3ccccc3[N+](=O)[O-])CC2)cc1. The fraction of sp³-hybridized carbons (Fsp3) is 0.238. The summed E-state index contributed by atoms with van der Waals surface area (Å²) in [5.41, 5.74) is 1.70. The summed E-state index contributed by atoms with van der Waals surface area (Å²) in [4.78, 5) is 38.9. The summed E-state index contributed by atoms with van der Waals surface area (Å²) in [7, 11) is 0. The third kappa shape index (κ3) is 4.93. The van der Waals surface area contributed by atoms with Crippen LogP contribution in [0, 0.1) is 10.1 Å². The third-order valence-corrected chi connectivity index (χ3v) is 4.79. The molecule has 9 nitrogen and oxygen atoms in total. The van der Waals surface area contributed by atoms with E-state index in [0.29, 0.717) is 49.7 Å². The van der Waals surface area contributed by atoms with Crippen LogP contribution in [0.5, 0.6) is 0 Å². The third-order valence-electron chi connectivity index (χ3n) is 4.79. The Kier molecular flexibility index (Phi) is 6.63. The molecule has 2 aromatic carbocycles. The number of piperazine rings is 1. The summed E-state index contributed by atoms with van der Waals surface area (Å²) in [5, 5.41) is 16.7. The Morgan fingerprint density at radius 2 is 1.73 bits per heavy atom. The molecule has 9 heteroatoms. The fourth-order valence-corrected chi connectivity index (χ4v) is 3.21. The van der Waals surface area contributed by atoms with Crippen LogP contribution in [-0.2, 0) is 0 Å². The molecule has 0 bridgehead atoms. The number of carbonyl (C=O) groups excluding carboxylic acids is 2. The van der Waals surface area contributed by atoms with Crippen molar-refractivity contribution in [2.75, 3.05) is 42.9 Å². The van der Waals surface area contributed by atoms with Gasteiger partial charge in [-0.3, -0.25) is 14.9 Å². The maximum atomic E-state index is 12.5. The minimum atomic E-state index is -0.393. The Hall–Kier alpha value is -3.88. The van der Waals surface area contributed by atoms with E-state index in [9.17, 15) is 19.7 Å². The normalized spacial score (nSPS) is 13.5. The molecule has 2 aromatic rings. The van der Waals surface area contributed by atoms with Gasteiger partial charge in [0, 0.05) is 50.0 Å². The molecule has 3 amide bonds. The Morgan fingerprint density at radius 1 is 1.07 bits per heavy atom. The number of hydrogen-bond donors (Lipinski definition) is 2. The highest BCUT2D eigenvalue weighted by Crippen LogP contribution is 2.28. The minimum Gasteiger partial charge on any atom is -0.362 e. The predicted octanol–water partition coefficient (Wildman–Crippen LogP) is 2.86. The van der Waals surface area contributed by atoms with Crippen molar-refractivity contribution < 1.29 is 14.5 Å². The Morgan fingerprint density at radius 3 is 2.37 bits per heavy atom. The lowest BCUT2D eigenvalue weighted by atomic mass is 10.2. The number of urea groups is 1. The molecule has 0 saturated carbocycles. The van der Waals surface area contributed by atoms with Gasteiger partial charge in [0.15, 0.2) is 0 Å². The maximum absolute atomic E-state index is 12.5. The van der Waals surface area contributed by atoms with E-state index in [-0.39, 0.29) is 17.6 Å². The summed E-state index contributed by atoms with van der Waals surface area (Å²) in [6, 6.07) is 13.0. The summed E-state index contributed by atoms with van der Waals surface area (Å²) in [5.74, 6) is -0.209. The van der Waals surface area contributed by atoms with Crippen molar-refractivity contribution in [1.29, 1.82) is 0 Å². The first-order chi connectivity index (χ1) is 14.5. The molecule has 3 rings (SSSR count). The maximum Gasteiger partial charge on any atom is 0.321 e. The van der Waals surface area contributed by atoms with Gasteiger partial charge in [-0.25, -0.2) is 4.79 Å². The largest absolute Gasteiger partial charge is 0.362 e. The minimum absolute atomic E-state index is 0.0626. The molecule has 1 saturated heterocycles. The molecule has 1 aliphatic rings. The van der Waals surface area contributed by atoms with Gasteiger partial charge in [-0.1, -0.05) is 18.2 Å². The second kappa shape index (κ2) is 9.55. The zero-order chi connectivity index (χ0) is 21.5. The predicted molar refractivity (Wildman–Crippen MR) is 115 cm³/mol. The Balaban J connectivity index is 1.55. The van der Waals surface area contributed by atoms with Gasteiger partial charge in [0.1, 0.15) is 5.69 Å². The molecule has 1 aliphatic heterocycles. The lowest BCUT2D eigenvalue weighted by Gasteiger charge is -2.35. The smallest absolute Gasteiger partial charge is 0.321 e. The summed E-state index contributed by atoms with van der Waals surface area (Å²) < 4.78 is 0. The van der Waals surface area contributed by atoms with Crippen molar-refractivity contribution in [3.05, 3.63) is 76.9 Å². The molecule has 0 aliphatic carbocycles. The molecule has 1 heterocycles. The fourth-order valence-electron chi connectivity index (χ4n) is 3.21. The van der Waals surface area contributed by atoms with Gasteiger partial charge in [-0.15, -0.1) is 6.58 Å². The number of rotatable bonds is 6. The van der Waals surface area contributed by atoms with Crippen molar-refractivity contribution in [1.82, 2.24) is 10.2 Å². The average molecular weight is 409 g/mol. The van der Waals surface area contributed by atoms with Gasteiger partial charge in [0.2, 0.25) is 0 Å². The van der Waals surface area contributed by atoms with Gasteiger partial charge in [-0.2, -0.15) is 0 Å². The van der Waals surface area contributed by atoms with Crippen LogP contribution in [0.1, 0.15) is 10.4 Å². The molecule has 30 heavy (non-hydrogen) atoms. The van der Waals surface area contributed by atoms with Crippen LogP contribution in [-0.4, -0.2) is 54.5 Å². The van der Waals surface area contributed by atoms with E-state index in [1.165, 1.54) is 6.07 Å². The van der Waals surface area contributed by atoms with Crippen LogP contribution in [0.25, 0.3) is 0 Å². The van der Waals surface area contributed by atoms with Gasteiger partial charge in [0.05, 0.1) is 4.92 Å². The lowest BCUT2D eigenvalue weighted by molar-refractivity contribution is -0.384. The lowest BCUT2D eigenvalue weighted by Crippen LogP contribution is -2.50. The number of carbonyl (C=O) groups is 2. The number of nitro benzene ring substituents is 1. The highest BCUT2D eigenvalue weighted by Gasteiger charge is 2.25. The molecule has 0 aromatic heterocycles. The van der Waals surface area contributed by atoms with Crippen LogP contribution in [0.3, 0.4) is 0 Å². The van der Waals surface area contributed by atoms with E-state index in [2.05, 4.69) is 17.2 Å². The highest BCUT2D eigenvalue weighted by atomic mass is 16.6. The van der Waals surface area contributed by atoms with E-state index in [4.69, 9.17) is 0 Å². The van der Waals surface area contributed by atoms with Gasteiger partial charge >= 0.3 is 6.03 Å². The Bertz CT molecular complexity index is 937. The molecule has 2 N–H and O–H groups in total. The summed E-state index contributed by atoms with van der Waals surface area (Å²) >= 11 is 0. The van der Waals surface area contributed by atoms with Gasteiger partial charge in [-0.05, 0) is 30.3 Å². The van der Waals surface area contributed by atoms with Crippen molar-refractivity contribution in [3.63, 3.8) is 0 Å². The van der Waals surface area contributed by atoms with Crippen molar-refractivity contribution in [3.8, 4) is 0 Å². The number of nitrogens with zero attached hydrogens (tertiary/aromatic N) is 3. The van der Waals surface area contributed by atoms with Crippen LogP contribution >= 0.6 is 0 Å². The average Bonchev–Trinajstić information content (AvgIpc) is 2.78. The Labute approximate surface area is 174 Å². The number of anilines is 2. The topological polar surface area (TPSA) is 108 Å². The van der Waals surface area contributed by atoms with Crippen LogP contribution in [0.15, 0.2) is 61.2 Å². The number of amides is 3. The zero-order valence-corrected chi connectivity index (χ0v) is 16.4. The molecular formula is C21H23N5O4. The molecule has 0 spiro atoms. The van der Waals surface area contributed by atoms with E-state index in [1.807, 2.05) is 4.90 Å². The van der Waals surface area contributed by atoms with Gasteiger partial charge in [0.25, 0.3) is 11.6 Å². The number of hydrogen-bond acceptors (Lipinski definition) is 5. The van der Waals surface area contributed by atoms with Crippen LogP contribution < -0.4 is 15.5 Å². The second-order valence-corrected chi connectivity index (χ2v) is 6.73. The quantitative estimate of drug-likeness (QED) is 0.433. The van der Waals surface area contributed by atoms with Crippen molar-refractivity contribution in [2.24, 2.45) is 0 Å². The number of para-hydroxylation sites is 2. The first kappa shape index (κ1) is 20.8. The molecule has 0 unspecified atom stereocenters. The van der Waals surface area contributed by atoms with E-state index in [0.717, 1.165) is 0 Å². The first-order valence-corrected chi connectivity index (χ1v) is 9.53. The molecule has 0 radical (unpaired) electrons. The summed E-state index contributed by atoms with van der Waals surface area (Å²) in [6.45, 7) is 5.83. The van der Waals surface area contributed by atoms with Gasteiger partial charge < -0.3 is 20.4 Å². The molecular weight excluding hydrogens is 386 g/mol. The van der Waals surface area contributed by atoms with Crippen molar-refractivity contribution >= 4 is 29.0 Å².